The lowest BCUT2D eigenvalue weighted by molar-refractivity contribution is 0.803. The van der Waals surface area contributed by atoms with Crippen LogP contribution in [0.1, 0.15) is 29.7 Å². The van der Waals surface area contributed by atoms with Gasteiger partial charge in [0.1, 0.15) is 0 Å². The third-order valence-corrected chi connectivity index (χ3v) is 9.63. The van der Waals surface area contributed by atoms with Gasteiger partial charge in [0, 0.05) is 49.2 Å². The van der Waals surface area contributed by atoms with Gasteiger partial charge < -0.3 is 14.8 Å². The van der Waals surface area contributed by atoms with Crippen molar-refractivity contribution in [2.24, 2.45) is 0 Å². The Labute approximate surface area is 243 Å². The number of thiophene rings is 1. The van der Waals surface area contributed by atoms with Crippen molar-refractivity contribution < 1.29 is 0 Å². The van der Waals surface area contributed by atoms with E-state index in [9.17, 15) is 0 Å². The van der Waals surface area contributed by atoms with Crippen LogP contribution in [0.2, 0.25) is 0 Å². The highest BCUT2D eigenvalue weighted by Crippen LogP contribution is 2.50. The average Bonchev–Trinajstić information content (AvgIpc) is 3.61. The Bertz CT molecular complexity index is 2120. The molecule has 0 saturated carbocycles. The van der Waals surface area contributed by atoms with Crippen molar-refractivity contribution >= 4 is 55.3 Å². The number of aromatic nitrogens is 1. The first-order chi connectivity index (χ1) is 20.4. The molecule has 0 amide bonds. The first-order valence-corrected chi connectivity index (χ1v) is 15.2. The summed E-state index contributed by atoms with van der Waals surface area (Å²) < 4.78 is 3.78. The maximum absolute atomic E-state index is 3.44. The molecule has 196 valence electrons. The van der Waals surface area contributed by atoms with Gasteiger partial charge in [-0.05, 0) is 84.1 Å². The molecular weight excluding hydrogens is 518 g/mol. The standard InChI is InChI=1S/C37H27N3S/c1-4-13-32-26(10-1)28-18-20-38-23-35(28)40(32)25-9-7-8-24(22-25)39-33-14-5-2-11-27(33)29-16-17-36-31(19-21-41-36)37(29)30-12-3-6-15-34(30)39/h1-5,7-14,16-22,38H,6,15,23H2. The van der Waals surface area contributed by atoms with Crippen molar-refractivity contribution in [3.8, 4) is 16.8 Å². The number of nitrogens with one attached hydrogen (secondary N) is 1. The molecule has 2 aromatic heterocycles. The predicted molar refractivity (Wildman–Crippen MR) is 174 cm³/mol. The van der Waals surface area contributed by atoms with E-state index < -0.39 is 0 Å². The topological polar surface area (TPSA) is 20.2 Å². The van der Waals surface area contributed by atoms with Gasteiger partial charge >= 0.3 is 0 Å². The Morgan fingerprint density at radius 3 is 2.66 bits per heavy atom. The van der Waals surface area contributed by atoms with Crippen molar-refractivity contribution in [3.05, 3.63) is 137 Å². The molecule has 0 unspecified atom stereocenters. The molecule has 0 fully saturated rings. The Morgan fingerprint density at radius 2 is 1.66 bits per heavy atom. The van der Waals surface area contributed by atoms with Gasteiger partial charge in [-0.2, -0.15) is 0 Å². The molecule has 0 spiro atoms. The molecule has 0 bridgehead atoms. The highest BCUT2D eigenvalue weighted by Gasteiger charge is 2.29. The Hall–Kier alpha value is -4.80. The second kappa shape index (κ2) is 8.85. The molecule has 2 aliphatic heterocycles. The van der Waals surface area contributed by atoms with Gasteiger partial charge in [0.25, 0.3) is 0 Å². The summed E-state index contributed by atoms with van der Waals surface area (Å²) in [4.78, 5) is 2.53. The van der Waals surface area contributed by atoms with Crippen LogP contribution < -0.4 is 10.2 Å². The van der Waals surface area contributed by atoms with Crippen LogP contribution >= 0.6 is 11.3 Å². The van der Waals surface area contributed by atoms with Crippen molar-refractivity contribution in [2.75, 3.05) is 4.90 Å². The molecule has 4 aromatic carbocycles. The van der Waals surface area contributed by atoms with E-state index in [0.717, 1.165) is 19.4 Å². The fraction of sp³-hybridized carbons (Fsp3) is 0.0811. The van der Waals surface area contributed by atoms with Crippen molar-refractivity contribution in [1.29, 1.82) is 0 Å². The van der Waals surface area contributed by atoms with Gasteiger partial charge in [-0.25, -0.2) is 0 Å². The van der Waals surface area contributed by atoms with Crippen LogP contribution in [0.5, 0.6) is 0 Å². The largest absolute Gasteiger partial charge is 0.385 e. The Balaban J connectivity index is 1.32. The van der Waals surface area contributed by atoms with Crippen molar-refractivity contribution in [2.45, 2.75) is 19.4 Å². The van der Waals surface area contributed by atoms with E-state index in [1.54, 1.807) is 0 Å². The van der Waals surface area contributed by atoms with Crippen LogP contribution in [0.4, 0.5) is 11.4 Å². The fourth-order valence-electron chi connectivity index (χ4n) is 7.05. The zero-order valence-electron chi connectivity index (χ0n) is 22.5. The van der Waals surface area contributed by atoms with Crippen LogP contribution in [-0.4, -0.2) is 4.57 Å². The zero-order valence-corrected chi connectivity index (χ0v) is 23.3. The summed E-state index contributed by atoms with van der Waals surface area (Å²) in [5, 5.41) is 8.31. The minimum absolute atomic E-state index is 0.809. The predicted octanol–water partition coefficient (Wildman–Crippen LogP) is 9.80. The number of hydrogen-bond donors (Lipinski definition) is 1. The minimum Gasteiger partial charge on any atom is -0.385 e. The molecule has 1 N–H and O–H groups in total. The smallest absolute Gasteiger partial charge is 0.0558 e. The van der Waals surface area contributed by atoms with Gasteiger partial charge in [0.2, 0.25) is 0 Å². The molecule has 41 heavy (non-hydrogen) atoms. The molecular formula is C37H27N3S. The van der Waals surface area contributed by atoms with Crippen LogP contribution in [0.15, 0.2) is 120 Å². The maximum Gasteiger partial charge on any atom is 0.0558 e. The summed E-state index contributed by atoms with van der Waals surface area (Å²) in [5.74, 6) is 0. The summed E-state index contributed by atoms with van der Waals surface area (Å²) in [7, 11) is 0. The summed E-state index contributed by atoms with van der Waals surface area (Å²) in [6, 6.07) is 33.7. The van der Waals surface area contributed by atoms with Crippen molar-refractivity contribution in [3.63, 3.8) is 0 Å². The van der Waals surface area contributed by atoms with Crippen molar-refractivity contribution in [1.82, 2.24) is 9.88 Å². The van der Waals surface area contributed by atoms with Gasteiger partial charge in [0.15, 0.2) is 0 Å². The fourth-order valence-corrected chi connectivity index (χ4v) is 7.84. The van der Waals surface area contributed by atoms with Gasteiger partial charge in [-0.1, -0.05) is 60.7 Å². The lowest BCUT2D eigenvalue weighted by Crippen LogP contribution is -2.19. The number of benzene rings is 4. The number of nitrogens with zero attached hydrogens (tertiary/aromatic N) is 2. The zero-order chi connectivity index (χ0) is 26.9. The quantitative estimate of drug-likeness (QED) is 0.234. The third-order valence-electron chi connectivity index (χ3n) is 8.75. The lowest BCUT2D eigenvalue weighted by Gasteiger charge is -2.31. The van der Waals surface area contributed by atoms with E-state index in [4.69, 9.17) is 0 Å². The van der Waals surface area contributed by atoms with E-state index in [2.05, 4.69) is 136 Å². The van der Waals surface area contributed by atoms with E-state index in [-0.39, 0.29) is 0 Å². The summed E-state index contributed by atoms with van der Waals surface area (Å²) >= 11 is 1.82. The number of hydrogen-bond acceptors (Lipinski definition) is 3. The van der Waals surface area contributed by atoms with Gasteiger partial charge in [-0.3, -0.25) is 0 Å². The number of allylic oxidation sites excluding steroid dienone is 4. The monoisotopic (exact) mass is 545 g/mol. The highest BCUT2D eigenvalue weighted by molar-refractivity contribution is 7.17. The van der Waals surface area contributed by atoms with E-state index in [1.165, 1.54) is 77.3 Å². The third kappa shape index (κ3) is 3.31. The summed E-state index contributed by atoms with van der Waals surface area (Å²) in [6.45, 7) is 0.809. The van der Waals surface area contributed by atoms with Gasteiger partial charge in [-0.15, -0.1) is 11.3 Å². The van der Waals surface area contributed by atoms with Crippen LogP contribution in [0.3, 0.4) is 0 Å². The summed E-state index contributed by atoms with van der Waals surface area (Å²) in [6.07, 6.45) is 11.0. The normalized spacial score (nSPS) is 15.4. The molecule has 0 saturated heterocycles. The Kier molecular flexibility index (Phi) is 4.96. The molecule has 3 nitrogen and oxygen atoms in total. The number of para-hydroxylation sites is 2. The average molecular weight is 546 g/mol. The molecule has 3 aliphatic rings. The van der Waals surface area contributed by atoms with E-state index in [0.29, 0.717) is 0 Å². The Morgan fingerprint density at radius 1 is 0.756 bits per heavy atom. The number of anilines is 2. The SMILES string of the molecule is C1=CC2=C(CC1)N(c1cccc(-n3c4c(c5ccccc53)C=CNC4)c1)c1ccccc1-c1ccc3sccc3c12. The molecule has 0 atom stereocenters. The van der Waals surface area contributed by atoms with Gasteiger partial charge in [0.05, 0.1) is 23.4 Å². The molecule has 4 heterocycles. The van der Waals surface area contributed by atoms with E-state index in [1.807, 2.05) is 11.3 Å². The summed E-state index contributed by atoms with van der Waals surface area (Å²) in [5.41, 5.74) is 14.1. The van der Waals surface area contributed by atoms with E-state index >= 15 is 0 Å². The minimum atomic E-state index is 0.809. The first-order valence-electron chi connectivity index (χ1n) is 14.3. The van der Waals surface area contributed by atoms with Crippen LogP contribution in [0, 0.1) is 0 Å². The first kappa shape index (κ1) is 23.0. The van der Waals surface area contributed by atoms with Crippen LogP contribution in [-0.2, 0) is 6.54 Å². The number of fused-ring (bicyclic) bond motifs is 9. The maximum atomic E-state index is 3.44. The molecule has 1 aliphatic carbocycles. The van der Waals surface area contributed by atoms with Crippen LogP contribution in [0.25, 0.3) is 49.5 Å². The molecule has 4 heteroatoms. The lowest BCUT2D eigenvalue weighted by atomic mass is 9.89. The second-order valence-electron chi connectivity index (χ2n) is 10.9. The highest BCUT2D eigenvalue weighted by atomic mass is 32.1. The molecule has 9 rings (SSSR count). The molecule has 6 aromatic rings. The second-order valence-corrected chi connectivity index (χ2v) is 11.9. The number of rotatable bonds is 2. The molecule has 0 radical (unpaired) electrons.